The van der Waals surface area contributed by atoms with E-state index in [1.165, 1.54) is 6.20 Å². The van der Waals surface area contributed by atoms with Crippen LogP contribution in [0.4, 0.5) is 9.52 Å². The molecule has 9 heteroatoms. The van der Waals surface area contributed by atoms with Gasteiger partial charge in [-0.3, -0.25) is 4.72 Å². The highest BCUT2D eigenvalue weighted by atomic mass is 35.5. The number of rotatable bonds is 4. The van der Waals surface area contributed by atoms with E-state index in [9.17, 15) is 12.8 Å². The van der Waals surface area contributed by atoms with Gasteiger partial charge in [-0.25, -0.2) is 17.8 Å². The number of thiazole rings is 1. The van der Waals surface area contributed by atoms with E-state index >= 15 is 0 Å². The molecular weight excluding hydrogens is 327 g/mol. The van der Waals surface area contributed by atoms with Gasteiger partial charge in [0.15, 0.2) is 5.13 Å². The molecule has 0 aliphatic carbocycles. The number of hydrogen-bond acceptors (Lipinski definition) is 5. The van der Waals surface area contributed by atoms with E-state index in [2.05, 4.69) is 9.71 Å². The lowest BCUT2D eigenvalue weighted by Crippen LogP contribution is -2.13. The summed E-state index contributed by atoms with van der Waals surface area (Å²) in [5.41, 5.74) is 0.00219. The van der Waals surface area contributed by atoms with Gasteiger partial charge in [-0.1, -0.05) is 11.6 Å². The van der Waals surface area contributed by atoms with Gasteiger partial charge < -0.3 is 5.11 Å². The number of aliphatic hydroxyl groups is 1. The average Bonchev–Trinajstić information content (AvgIpc) is 2.77. The summed E-state index contributed by atoms with van der Waals surface area (Å²) >= 11 is 6.77. The first-order valence-electron chi connectivity index (χ1n) is 5.37. The second-order valence-corrected chi connectivity index (χ2v) is 7.21. The van der Waals surface area contributed by atoms with Gasteiger partial charge in [-0.05, 0) is 19.1 Å². The number of aryl methyl sites for hydroxylation is 1. The van der Waals surface area contributed by atoms with Crippen molar-refractivity contribution in [3.8, 4) is 0 Å². The predicted octanol–water partition coefficient (Wildman–Crippen LogP) is 2.54. The number of aromatic nitrogens is 1. The molecule has 2 rings (SSSR count). The highest BCUT2D eigenvalue weighted by Crippen LogP contribution is 2.26. The lowest BCUT2D eigenvalue weighted by atomic mass is 10.2. The fraction of sp³-hybridized carbons (Fsp3) is 0.182. The summed E-state index contributed by atoms with van der Waals surface area (Å²) in [4.78, 5) is 4.38. The molecular formula is C11H10ClFN2O3S2. The van der Waals surface area contributed by atoms with Gasteiger partial charge in [0, 0.05) is 16.6 Å². The molecule has 0 unspecified atom stereocenters. The standard InChI is InChI=1S/C11H10ClFN2O3S2/c1-6-4-14-11(19-6)15-20(17,18)8-2-7(5-16)10(12)9(13)3-8/h2-4,16H,5H2,1H3,(H,14,15). The predicted molar refractivity (Wildman–Crippen MR) is 75.0 cm³/mol. The second kappa shape index (κ2) is 5.65. The van der Waals surface area contributed by atoms with Crippen molar-refractivity contribution in [3.05, 3.63) is 39.6 Å². The molecule has 2 N–H and O–H groups in total. The lowest BCUT2D eigenvalue weighted by molar-refractivity contribution is 0.281. The Labute approximate surface area is 124 Å². The summed E-state index contributed by atoms with van der Waals surface area (Å²) in [7, 11) is -3.98. The van der Waals surface area contributed by atoms with Crippen molar-refractivity contribution in [1.29, 1.82) is 0 Å². The number of hydrogen-bond donors (Lipinski definition) is 2. The number of benzene rings is 1. The Morgan fingerprint density at radius 1 is 1.50 bits per heavy atom. The first-order valence-corrected chi connectivity index (χ1v) is 8.05. The van der Waals surface area contributed by atoms with E-state index in [1.807, 2.05) is 0 Å². The summed E-state index contributed by atoms with van der Waals surface area (Å²) in [5.74, 6) is -0.908. The van der Waals surface area contributed by atoms with E-state index < -0.39 is 22.4 Å². The molecule has 1 heterocycles. The molecule has 108 valence electrons. The van der Waals surface area contributed by atoms with E-state index in [4.69, 9.17) is 16.7 Å². The molecule has 0 aliphatic rings. The largest absolute Gasteiger partial charge is 0.392 e. The number of halogens is 2. The van der Waals surface area contributed by atoms with Gasteiger partial charge in [-0.15, -0.1) is 11.3 Å². The van der Waals surface area contributed by atoms with Crippen LogP contribution < -0.4 is 4.72 Å². The summed E-state index contributed by atoms with van der Waals surface area (Å²) in [6, 6.07) is 1.92. The van der Waals surface area contributed by atoms with Crippen LogP contribution >= 0.6 is 22.9 Å². The Morgan fingerprint density at radius 3 is 2.75 bits per heavy atom. The van der Waals surface area contributed by atoms with Crippen LogP contribution in [0.15, 0.2) is 23.2 Å². The maximum atomic E-state index is 13.6. The Hall–Kier alpha value is -1.22. The molecule has 20 heavy (non-hydrogen) atoms. The summed E-state index contributed by atoms with van der Waals surface area (Å²) in [6.45, 7) is 1.22. The normalized spacial score (nSPS) is 11.6. The third kappa shape index (κ3) is 3.09. The molecule has 5 nitrogen and oxygen atoms in total. The molecule has 2 aromatic rings. The fourth-order valence-corrected chi connectivity index (χ4v) is 3.60. The number of nitrogens with zero attached hydrogens (tertiary/aromatic N) is 1. The van der Waals surface area contributed by atoms with Gasteiger partial charge in [0.1, 0.15) is 5.82 Å². The maximum Gasteiger partial charge on any atom is 0.263 e. The number of sulfonamides is 1. The van der Waals surface area contributed by atoms with Crippen molar-refractivity contribution in [2.24, 2.45) is 0 Å². The maximum absolute atomic E-state index is 13.6. The lowest BCUT2D eigenvalue weighted by Gasteiger charge is -2.08. The topological polar surface area (TPSA) is 79.3 Å². The van der Waals surface area contributed by atoms with Gasteiger partial charge in [-0.2, -0.15) is 0 Å². The molecule has 0 spiro atoms. The number of nitrogens with one attached hydrogen (secondary N) is 1. The first kappa shape index (κ1) is 15.2. The van der Waals surface area contributed by atoms with Crippen molar-refractivity contribution in [2.45, 2.75) is 18.4 Å². The zero-order chi connectivity index (χ0) is 14.9. The molecule has 0 saturated heterocycles. The Kier molecular flexibility index (Phi) is 4.28. The molecule has 0 radical (unpaired) electrons. The van der Waals surface area contributed by atoms with Crippen LogP contribution in [0.3, 0.4) is 0 Å². The Bertz CT molecular complexity index is 746. The van der Waals surface area contributed by atoms with Crippen LogP contribution in [0.1, 0.15) is 10.4 Å². The number of aliphatic hydroxyl groups excluding tert-OH is 1. The van der Waals surface area contributed by atoms with Gasteiger partial charge >= 0.3 is 0 Å². The average molecular weight is 337 g/mol. The van der Waals surface area contributed by atoms with Crippen LogP contribution in [0.25, 0.3) is 0 Å². The first-order chi connectivity index (χ1) is 9.33. The monoisotopic (exact) mass is 336 g/mol. The molecule has 0 fully saturated rings. The molecule has 0 saturated carbocycles. The molecule has 1 aromatic carbocycles. The van der Waals surface area contributed by atoms with Crippen molar-refractivity contribution in [1.82, 2.24) is 4.98 Å². The van der Waals surface area contributed by atoms with E-state index in [-0.39, 0.29) is 20.6 Å². The second-order valence-electron chi connectivity index (χ2n) is 3.92. The highest BCUT2D eigenvalue weighted by molar-refractivity contribution is 7.93. The molecule has 0 bridgehead atoms. The molecule has 0 atom stereocenters. The SMILES string of the molecule is Cc1cnc(NS(=O)(=O)c2cc(F)c(Cl)c(CO)c2)s1. The summed E-state index contributed by atoms with van der Waals surface area (Å²) < 4.78 is 40.0. The van der Waals surface area contributed by atoms with Crippen molar-refractivity contribution >= 4 is 38.1 Å². The zero-order valence-electron chi connectivity index (χ0n) is 10.2. The van der Waals surface area contributed by atoms with Gasteiger partial charge in [0.05, 0.1) is 16.5 Å². The van der Waals surface area contributed by atoms with Gasteiger partial charge in [0.25, 0.3) is 10.0 Å². The van der Waals surface area contributed by atoms with Gasteiger partial charge in [0.2, 0.25) is 0 Å². The van der Waals surface area contributed by atoms with E-state index in [1.54, 1.807) is 6.92 Å². The van der Waals surface area contributed by atoms with Crippen LogP contribution in [-0.4, -0.2) is 18.5 Å². The Balaban J connectivity index is 2.41. The molecule has 0 aliphatic heterocycles. The third-order valence-corrected chi connectivity index (χ3v) is 5.10. The van der Waals surface area contributed by atoms with E-state index in [0.717, 1.165) is 28.3 Å². The quantitative estimate of drug-likeness (QED) is 0.899. The Morgan fingerprint density at radius 2 is 2.20 bits per heavy atom. The van der Waals surface area contributed by atoms with Crippen LogP contribution in [0, 0.1) is 12.7 Å². The van der Waals surface area contributed by atoms with Crippen molar-refractivity contribution < 1.29 is 17.9 Å². The van der Waals surface area contributed by atoms with Crippen molar-refractivity contribution in [2.75, 3.05) is 4.72 Å². The zero-order valence-corrected chi connectivity index (χ0v) is 12.6. The van der Waals surface area contributed by atoms with Crippen molar-refractivity contribution in [3.63, 3.8) is 0 Å². The molecule has 0 amide bonds. The van der Waals surface area contributed by atoms with Crippen LogP contribution in [0.2, 0.25) is 5.02 Å². The third-order valence-electron chi connectivity index (χ3n) is 2.40. The minimum absolute atomic E-state index is 0.00219. The smallest absolute Gasteiger partial charge is 0.263 e. The van der Waals surface area contributed by atoms with Crippen LogP contribution in [0.5, 0.6) is 0 Å². The highest BCUT2D eigenvalue weighted by Gasteiger charge is 2.20. The number of anilines is 1. The minimum Gasteiger partial charge on any atom is -0.392 e. The minimum atomic E-state index is -3.98. The fourth-order valence-electron chi connectivity index (χ4n) is 1.46. The molecule has 1 aromatic heterocycles. The van der Waals surface area contributed by atoms with Crippen LogP contribution in [-0.2, 0) is 16.6 Å². The summed E-state index contributed by atoms with van der Waals surface area (Å²) in [6.07, 6.45) is 1.52. The van der Waals surface area contributed by atoms with E-state index in [0.29, 0.717) is 0 Å². The summed E-state index contributed by atoms with van der Waals surface area (Å²) in [5, 5.41) is 8.94.